The maximum Gasteiger partial charge on any atom is 0.0943 e. The first kappa shape index (κ1) is 9.33. The van der Waals surface area contributed by atoms with Crippen LogP contribution in [0.1, 0.15) is 26.7 Å². The first-order valence-electron chi connectivity index (χ1n) is 4.24. The van der Waals surface area contributed by atoms with E-state index in [1.165, 1.54) is 0 Å². The lowest BCUT2D eigenvalue weighted by atomic mass is 9.83. The summed E-state index contributed by atoms with van der Waals surface area (Å²) >= 11 is 0. The third kappa shape index (κ3) is 1.69. The van der Waals surface area contributed by atoms with Gasteiger partial charge in [0.15, 0.2) is 0 Å². The Labute approximate surface area is 73.2 Å². The molecule has 2 N–H and O–H groups in total. The fourth-order valence-electron chi connectivity index (χ4n) is 1.49. The lowest BCUT2D eigenvalue weighted by Gasteiger charge is -2.27. The van der Waals surface area contributed by atoms with Crippen molar-refractivity contribution in [2.24, 2.45) is 5.92 Å². The fraction of sp³-hybridized carbons (Fsp3) is 0.600. The van der Waals surface area contributed by atoms with Gasteiger partial charge in [-0.1, -0.05) is 12.2 Å². The number of hydrogen-bond donors (Lipinski definition) is 2. The van der Waals surface area contributed by atoms with Crippen LogP contribution in [0.3, 0.4) is 0 Å². The van der Waals surface area contributed by atoms with Crippen LogP contribution in [0.5, 0.6) is 0 Å². The van der Waals surface area contributed by atoms with Crippen LogP contribution in [-0.4, -0.2) is 16.3 Å². The third-order valence-corrected chi connectivity index (χ3v) is 2.60. The molecule has 0 aromatic rings. The van der Waals surface area contributed by atoms with Crippen LogP contribution in [0, 0.1) is 5.92 Å². The molecule has 0 spiro atoms. The van der Waals surface area contributed by atoms with Crippen LogP contribution < -0.4 is 0 Å². The number of allylic oxidation sites excluding steroid dienone is 2. The minimum atomic E-state index is -0.486. The molecule has 68 valence electrons. The Morgan fingerprint density at radius 1 is 1.58 bits per heavy atom. The maximum absolute atomic E-state index is 9.51. The third-order valence-electron chi connectivity index (χ3n) is 2.60. The summed E-state index contributed by atoms with van der Waals surface area (Å²) in [5.41, 5.74) is 1.75. The van der Waals surface area contributed by atoms with Crippen LogP contribution in [0.2, 0.25) is 0 Å². The summed E-state index contributed by atoms with van der Waals surface area (Å²) in [7, 11) is 0. The lowest BCUT2D eigenvalue weighted by molar-refractivity contribution is 0.154. The molecule has 0 aliphatic heterocycles. The van der Waals surface area contributed by atoms with Gasteiger partial charge < -0.3 is 10.2 Å². The highest BCUT2D eigenvalue weighted by Gasteiger charge is 2.25. The van der Waals surface area contributed by atoms with Gasteiger partial charge in [-0.2, -0.15) is 0 Å². The average Bonchev–Trinajstić information content (AvgIpc) is 1.99. The van der Waals surface area contributed by atoms with Crippen molar-refractivity contribution in [3.8, 4) is 0 Å². The van der Waals surface area contributed by atoms with Crippen molar-refractivity contribution in [3.63, 3.8) is 0 Å². The summed E-state index contributed by atoms with van der Waals surface area (Å²) in [5, 5.41) is 19.0. The van der Waals surface area contributed by atoms with Crippen molar-refractivity contribution >= 4 is 0 Å². The molecule has 0 heterocycles. The van der Waals surface area contributed by atoms with Crippen LogP contribution in [0.25, 0.3) is 0 Å². The second kappa shape index (κ2) is 3.31. The van der Waals surface area contributed by atoms with Crippen LogP contribution in [-0.2, 0) is 0 Å². The highest BCUT2D eigenvalue weighted by molar-refractivity contribution is 5.18. The number of hydrogen-bond acceptors (Lipinski definition) is 2. The second-order valence-electron chi connectivity index (χ2n) is 3.63. The molecule has 0 bridgehead atoms. The second-order valence-corrected chi connectivity index (χ2v) is 3.63. The summed E-state index contributed by atoms with van der Waals surface area (Å²) in [5.74, 6) is 0.574. The van der Waals surface area contributed by atoms with Crippen molar-refractivity contribution in [1.82, 2.24) is 0 Å². The molecular weight excluding hydrogens is 152 g/mol. The monoisotopic (exact) mass is 168 g/mol. The Kier molecular flexibility index (Phi) is 2.58. The summed E-state index contributed by atoms with van der Waals surface area (Å²) < 4.78 is 0. The molecule has 0 radical (unpaired) electrons. The van der Waals surface area contributed by atoms with E-state index in [0.717, 1.165) is 5.57 Å². The van der Waals surface area contributed by atoms with Gasteiger partial charge >= 0.3 is 0 Å². The fourth-order valence-corrected chi connectivity index (χ4v) is 1.49. The summed E-state index contributed by atoms with van der Waals surface area (Å²) in [6.07, 6.45) is 0.851. The van der Waals surface area contributed by atoms with Gasteiger partial charge in [0.25, 0.3) is 0 Å². The summed E-state index contributed by atoms with van der Waals surface area (Å²) in [6.45, 7) is 7.54. The van der Waals surface area contributed by atoms with Crippen molar-refractivity contribution in [1.29, 1.82) is 0 Å². The molecule has 0 saturated heterocycles. The highest BCUT2D eigenvalue weighted by Crippen LogP contribution is 2.31. The molecule has 12 heavy (non-hydrogen) atoms. The van der Waals surface area contributed by atoms with Crippen molar-refractivity contribution in [3.05, 3.63) is 23.5 Å². The zero-order valence-corrected chi connectivity index (χ0v) is 7.67. The van der Waals surface area contributed by atoms with Gasteiger partial charge in [0.05, 0.1) is 11.9 Å². The van der Waals surface area contributed by atoms with Crippen LogP contribution >= 0.6 is 0 Å². The van der Waals surface area contributed by atoms with Gasteiger partial charge in [-0.15, -0.1) is 0 Å². The molecule has 1 aliphatic carbocycles. The molecule has 0 amide bonds. The SMILES string of the molecule is C=C(C)C1CC(O)=C(C)C(O)C1. The van der Waals surface area contributed by atoms with Gasteiger partial charge in [-0.25, -0.2) is 0 Å². The quantitative estimate of drug-likeness (QED) is 0.589. The summed E-state index contributed by atoms with van der Waals surface area (Å²) in [4.78, 5) is 0. The lowest BCUT2D eigenvalue weighted by Crippen LogP contribution is -2.22. The molecule has 0 fully saturated rings. The van der Waals surface area contributed by atoms with E-state index in [1.807, 2.05) is 6.92 Å². The van der Waals surface area contributed by atoms with Gasteiger partial charge in [0.2, 0.25) is 0 Å². The highest BCUT2D eigenvalue weighted by atomic mass is 16.3. The van der Waals surface area contributed by atoms with E-state index in [9.17, 15) is 10.2 Å². The molecular formula is C10H16O2. The van der Waals surface area contributed by atoms with E-state index >= 15 is 0 Å². The Balaban J connectivity index is 2.78. The molecule has 2 nitrogen and oxygen atoms in total. The van der Waals surface area contributed by atoms with E-state index in [4.69, 9.17) is 0 Å². The van der Waals surface area contributed by atoms with Gasteiger partial charge in [0, 0.05) is 6.42 Å². The van der Waals surface area contributed by atoms with E-state index < -0.39 is 6.10 Å². The minimum Gasteiger partial charge on any atom is -0.512 e. The Morgan fingerprint density at radius 3 is 2.58 bits per heavy atom. The molecule has 2 unspecified atom stereocenters. The summed E-state index contributed by atoms with van der Waals surface area (Å²) in [6, 6.07) is 0. The molecule has 2 heteroatoms. The first-order valence-corrected chi connectivity index (χ1v) is 4.24. The van der Waals surface area contributed by atoms with Crippen LogP contribution in [0.4, 0.5) is 0 Å². The van der Waals surface area contributed by atoms with E-state index in [-0.39, 0.29) is 5.92 Å². The molecule has 1 aliphatic rings. The smallest absolute Gasteiger partial charge is 0.0943 e. The molecule has 1 rings (SSSR count). The molecule has 0 aromatic heterocycles. The normalized spacial score (nSPS) is 30.6. The minimum absolute atomic E-state index is 0.240. The standard InChI is InChI=1S/C10H16O2/c1-6(2)8-4-9(11)7(3)10(12)5-8/h8-9,11-12H,1,4-5H2,2-3H3. The van der Waals surface area contributed by atoms with E-state index in [0.29, 0.717) is 24.2 Å². The number of rotatable bonds is 1. The number of aliphatic hydroxyl groups excluding tert-OH is 2. The van der Waals surface area contributed by atoms with Crippen molar-refractivity contribution < 1.29 is 10.2 Å². The Morgan fingerprint density at radius 2 is 2.17 bits per heavy atom. The van der Waals surface area contributed by atoms with Crippen molar-refractivity contribution in [2.45, 2.75) is 32.8 Å². The van der Waals surface area contributed by atoms with Crippen LogP contribution in [0.15, 0.2) is 23.5 Å². The largest absolute Gasteiger partial charge is 0.512 e. The Bertz CT molecular complexity index is 228. The molecule has 2 atom stereocenters. The average molecular weight is 168 g/mol. The topological polar surface area (TPSA) is 40.5 Å². The van der Waals surface area contributed by atoms with Gasteiger partial charge in [-0.3, -0.25) is 0 Å². The van der Waals surface area contributed by atoms with Gasteiger partial charge in [-0.05, 0) is 31.8 Å². The predicted octanol–water partition coefficient (Wildman–Crippen LogP) is 2.17. The van der Waals surface area contributed by atoms with Crippen molar-refractivity contribution in [2.75, 3.05) is 0 Å². The van der Waals surface area contributed by atoms with Gasteiger partial charge in [0.1, 0.15) is 0 Å². The maximum atomic E-state index is 9.51. The zero-order valence-electron chi connectivity index (χ0n) is 7.67. The van der Waals surface area contributed by atoms with E-state index in [1.54, 1.807) is 6.92 Å². The zero-order chi connectivity index (χ0) is 9.30. The first-order chi connectivity index (χ1) is 5.52. The molecule has 0 saturated carbocycles. The van der Waals surface area contributed by atoms with E-state index in [2.05, 4.69) is 6.58 Å². The number of aliphatic hydroxyl groups is 2. The molecule has 0 aromatic carbocycles. The Hall–Kier alpha value is -0.760. The predicted molar refractivity (Wildman–Crippen MR) is 48.9 cm³/mol.